The van der Waals surface area contributed by atoms with Crippen LogP contribution in [0.15, 0.2) is 12.2 Å². The standard InChI is InChI=1S/C18H35NO2/c1-16(2,3)13-19(9)15(20)18(7,8)11-10-12-21-14-17(4,5)6/h10-11H,12-14H2,1-9H3. The number of hydrogen-bond acceptors (Lipinski definition) is 2. The van der Waals surface area contributed by atoms with Crippen molar-refractivity contribution in [3.05, 3.63) is 12.2 Å². The molecule has 0 saturated heterocycles. The Hall–Kier alpha value is -0.830. The maximum atomic E-state index is 12.5. The first-order chi connectivity index (χ1) is 9.25. The molecule has 0 aliphatic heterocycles. The van der Waals surface area contributed by atoms with Gasteiger partial charge in [0.2, 0.25) is 5.91 Å². The van der Waals surface area contributed by atoms with E-state index in [2.05, 4.69) is 41.5 Å². The lowest BCUT2D eigenvalue weighted by Gasteiger charge is -2.32. The van der Waals surface area contributed by atoms with Crippen LogP contribution in [0.25, 0.3) is 0 Å². The molecule has 0 spiro atoms. The molecule has 0 N–H and O–H groups in total. The van der Waals surface area contributed by atoms with Crippen molar-refractivity contribution in [2.45, 2.75) is 55.4 Å². The Kier molecular flexibility index (Phi) is 7.14. The SMILES string of the molecule is CN(CC(C)(C)C)C(=O)C(C)(C)C=CCOCC(C)(C)C. The zero-order valence-electron chi connectivity index (χ0n) is 15.5. The molecule has 0 heterocycles. The molecule has 0 aromatic heterocycles. The maximum absolute atomic E-state index is 12.5. The predicted octanol–water partition coefficient (Wildman–Crippen LogP) is 4.14. The predicted molar refractivity (Wildman–Crippen MR) is 90.3 cm³/mol. The molecule has 0 radical (unpaired) electrons. The highest BCUT2D eigenvalue weighted by molar-refractivity contribution is 5.83. The van der Waals surface area contributed by atoms with Gasteiger partial charge in [-0.1, -0.05) is 53.7 Å². The van der Waals surface area contributed by atoms with E-state index in [0.29, 0.717) is 6.61 Å². The molecule has 0 unspecified atom stereocenters. The molecule has 0 aliphatic carbocycles. The highest BCUT2D eigenvalue weighted by atomic mass is 16.5. The molecule has 21 heavy (non-hydrogen) atoms. The number of ether oxygens (including phenoxy) is 1. The van der Waals surface area contributed by atoms with Gasteiger partial charge in [0.25, 0.3) is 0 Å². The average Bonchev–Trinajstić information content (AvgIpc) is 2.23. The Labute approximate surface area is 131 Å². The van der Waals surface area contributed by atoms with Gasteiger partial charge in [0, 0.05) is 13.6 Å². The first-order valence-corrected chi connectivity index (χ1v) is 7.76. The Bertz CT molecular complexity index is 356. The monoisotopic (exact) mass is 297 g/mol. The van der Waals surface area contributed by atoms with Crippen LogP contribution in [0, 0.1) is 16.2 Å². The van der Waals surface area contributed by atoms with Gasteiger partial charge in [-0.05, 0) is 24.7 Å². The minimum atomic E-state index is -0.495. The first-order valence-electron chi connectivity index (χ1n) is 7.76. The zero-order chi connectivity index (χ0) is 16.9. The van der Waals surface area contributed by atoms with Gasteiger partial charge in [-0.25, -0.2) is 0 Å². The van der Waals surface area contributed by atoms with Gasteiger partial charge < -0.3 is 9.64 Å². The molecule has 3 heteroatoms. The molecule has 0 aliphatic rings. The van der Waals surface area contributed by atoms with Crippen LogP contribution in [-0.4, -0.2) is 37.6 Å². The molecule has 0 rings (SSSR count). The number of nitrogens with zero attached hydrogens (tertiary/aromatic N) is 1. The fourth-order valence-corrected chi connectivity index (χ4v) is 2.12. The van der Waals surface area contributed by atoms with Crippen molar-refractivity contribution in [1.29, 1.82) is 0 Å². The number of carbonyl (C=O) groups excluding carboxylic acids is 1. The van der Waals surface area contributed by atoms with E-state index in [0.717, 1.165) is 13.2 Å². The molecule has 0 atom stereocenters. The Morgan fingerprint density at radius 3 is 1.95 bits per heavy atom. The van der Waals surface area contributed by atoms with Crippen molar-refractivity contribution in [2.24, 2.45) is 16.2 Å². The van der Waals surface area contributed by atoms with Crippen LogP contribution in [0.1, 0.15) is 55.4 Å². The molecule has 0 aromatic carbocycles. The highest BCUT2D eigenvalue weighted by Gasteiger charge is 2.29. The Morgan fingerprint density at radius 1 is 1.00 bits per heavy atom. The summed E-state index contributed by atoms with van der Waals surface area (Å²) in [4.78, 5) is 14.3. The summed E-state index contributed by atoms with van der Waals surface area (Å²) >= 11 is 0. The number of hydrogen-bond donors (Lipinski definition) is 0. The smallest absolute Gasteiger partial charge is 0.231 e. The van der Waals surface area contributed by atoms with Crippen LogP contribution in [-0.2, 0) is 9.53 Å². The van der Waals surface area contributed by atoms with Gasteiger partial charge in [0.15, 0.2) is 0 Å². The minimum absolute atomic E-state index is 0.111. The lowest BCUT2D eigenvalue weighted by atomic mass is 9.89. The summed E-state index contributed by atoms with van der Waals surface area (Å²) in [7, 11) is 1.87. The quantitative estimate of drug-likeness (QED) is 0.545. The van der Waals surface area contributed by atoms with Crippen molar-refractivity contribution >= 4 is 5.91 Å². The molecule has 0 saturated carbocycles. The van der Waals surface area contributed by atoms with Crippen molar-refractivity contribution < 1.29 is 9.53 Å². The van der Waals surface area contributed by atoms with Crippen LogP contribution in [0.3, 0.4) is 0 Å². The molecule has 0 aromatic rings. The third kappa shape index (κ3) is 9.67. The van der Waals surface area contributed by atoms with E-state index in [-0.39, 0.29) is 16.7 Å². The summed E-state index contributed by atoms with van der Waals surface area (Å²) in [5, 5.41) is 0. The van der Waals surface area contributed by atoms with Gasteiger partial charge in [-0.2, -0.15) is 0 Å². The molecule has 1 amide bonds. The second-order valence-corrected chi connectivity index (χ2v) is 8.92. The van der Waals surface area contributed by atoms with E-state index in [1.807, 2.05) is 37.9 Å². The van der Waals surface area contributed by atoms with Gasteiger partial charge in [-0.3, -0.25) is 4.79 Å². The average molecular weight is 297 g/mol. The molecule has 0 fully saturated rings. The van der Waals surface area contributed by atoms with Gasteiger partial charge in [0.1, 0.15) is 0 Å². The second kappa shape index (κ2) is 7.44. The fourth-order valence-electron chi connectivity index (χ4n) is 2.12. The second-order valence-electron chi connectivity index (χ2n) is 8.92. The van der Waals surface area contributed by atoms with Crippen LogP contribution in [0.5, 0.6) is 0 Å². The third-order valence-corrected chi connectivity index (χ3v) is 2.89. The van der Waals surface area contributed by atoms with Crippen molar-refractivity contribution in [2.75, 3.05) is 26.8 Å². The van der Waals surface area contributed by atoms with Gasteiger partial charge in [0.05, 0.1) is 18.6 Å². The molecule has 3 nitrogen and oxygen atoms in total. The van der Waals surface area contributed by atoms with E-state index in [4.69, 9.17) is 4.74 Å². The van der Waals surface area contributed by atoms with Crippen molar-refractivity contribution in [3.8, 4) is 0 Å². The Balaban J connectivity index is 4.43. The lowest BCUT2D eigenvalue weighted by molar-refractivity contribution is -0.137. The highest BCUT2D eigenvalue weighted by Crippen LogP contribution is 2.23. The minimum Gasteiger partial charge on any atom is -0.377 e. The zero-order valence-corrected chi connectivity index (χ0v) is 15.5. The number of carbonyl (C=O) groups is 1. The lowest BCUT2D eigenvalue weighted by Crippen LogP contribution is -2.41. The summed E-state index contributed by atoms with van der Waals surface area (Å²) in [5.74, 6) is 0.143. The molecular formula is C18H35NO2. The number of rotatable bonds is 6. The van der Waals surface area contributed by atoms with E-state index in [1.165, 1.54) is 0 Å². The molecule has 0 bridgehead atoms. The van der Waals surface area contributed by atoms with Crippen LogP contribution in [0.2, 0.25) is 0 Å². The third-order valence-electron chi connectivity index (χ3n) is 2.89. The summed E-state index contributed by atoms with van der Waals surface area (Å²) in [6.45, 7) is 18.8. The Morgan fingerprint density at radius 2 is 1.52 bits per heavy atom. The van der Waals surface area contributed by atoms with Gasteiger partial charge in [-0.15, -0.1) is 0 Å². The maximum Gasteiger partial charge on any atom is 0.231 e. The van der Waals surface area contributed by atoms with E-state index >= 15 is 0 Å². The van der Waals surface area contributed by atoms with Gasteiger partial charge >= 0.3 is 0 Å². The summed E-state index contributed by atoms with van der Waals surface area (Å²) in [6.07, 6.45) is 3.91. The fraction of sp³-hybridized carbons (Fsp3) is 0.833. The molecule has 124 valence electrons. The van der Waals surface area contributed by atoms with Crippen molar-refractivity contribution in [3.63, 3.8) is 0 Å². The van der Waals surface area contributed by atoms with E-state index in [9.17, 15) is 4.79 Å². The number of amides is 1. The van der Waals surface area contributed by atoms with Crippen LogP contribution in [0.4, 0.5) is 0 Å². The summed E-state index contributed by atoms with van der Waals surface area (Å²) in [6, 6.07) is 0. The van der Waals surface area contributed by atoms with Crippen molar-refractivity contribution in [1.82, 2.24) is 4.90 Å². The first kappa shape index (κ1) is 20.2. The normalized spacial score (nSPS) is 13.8. The largest absolute Gasteiger partial charge is 0.377 e. The topological polar surface area (TPSA) is 29.5 Å². The van der Waals surface area contributed by atoms with Crippen LogP contribution < -0.4 is 0 Å². The molecular weight excluding hydrogens is 262 g/mol. The summed E-state index contributed by atoms with van der Waals surface area (Å²) in [5.41, 5.74) is -0.211. The van der Waals surface area contributed by atoms with E-state index < -0.39 is 5.41 Å². The van der Waals surface area contributed by atoms with Crippen LogP contribution >= 0.6 is 0 Å². The van der Waals surface area contributed by atoms with E-state index in [1.54, 1.807) is 0 Å². The summed E-state index contributed by atoms with van der Waals surface area (Å²) < 4.78 is 5.60.